The molecule has 0 radical (unpaired) electrons. The fourth-order valence-corrected chi connectivity index (χ4v) is 3.23. The Morgan fingerprint density at radius 1 is 1.17 bits per heavy atom. The highest BCUT2D eigenvalue weighted by Gasteiger charge is 2.33. The van der Waals surface area contributed by atoms with Gasteiger partial charge in [-0.05, 0) is 35.6 Å². The van der Waals surface area contributed by atoms with E-state index in [0.29, 0.717) is 24.4 Å². The number of hydrogen-bond acceptors (Lipinski definition) is 4. The van der Waals surface area contributed by atoms with Gasteiger partial charge in [0.15, 0.2) is 0 Å². The van der Waals surface area contributed by atoms with E-state index < -0.39 is 0 Å². The number of hydrogen-bond donors (Lipinski definition) is 0. The summed E-state index contributed by atoms with van der Waals surface area (Å²) in [5.41, 5.74) is 0.568. The minimum Gasteiger partial charge on any atom is -0.497 e. The van der Waals surface area contributed by atoms with Crippen LogP contribution in [-0.2, 0) is 14.4 Å². The van der Waals surface area contributed by atoms with Gasteiger partial charge in [-0.15, -0.1) is 0 Å². The van der Waals surface area contributed by atoms with Crippen molar-refractivity contribution >= 4 is 23.4 Å². The predicted octanol–water partition coefficient (Wildman–Crippen LogP) is 2.75. The van der Waals surface area contributed by atoms with Crippen LogP contribution in [0.2, 0.25) is 0 Å². The lowest BCUT2D eigenvalue weighted by Gasteiger charge is -2.29. The lowest BCUT2D eigenvalue weighted by Crippen LogP contribution is -2.44. The van der Waals surface area contributed by atoms with Crippen LogP contribution in [0, 0.1) is 11.3 Å². The molecule has 7 heteroatoms. The van der Waals surface area contributed by atoms with Crippen LogP contribution >= 0.6 is 0 Å². The average molecular weight is 404 g/mol. The Kier molecular flexibility index (Phi) is 7.27. The number of methoxy groups -OCH3 is 1. The quantitative estimate of drug-likeness (QED) is 0.702. The number of nitrogens with zero attached hydrogens (tertiary/aromatic N) is 3. The molecule has 0 aromatic heterocycles. The minimum atomic E-state index is -0.211. The Morgan fingerprint density at radius 3 is 2.31 bits per heavy atom. The van der Waals surface area contributed by atoms with Crippen LogP contribution in [0.3, 0.4) is 0 Å². The van der Waals surface area contributed by atoms with Crippen molar-refractivity contribution in [2.24, 2.45) is 11.3 Å². The fraction of sp³-hybridized carbons (Fsp3) is 0.591. The van der Waals surface area contributed by atoms with E-state index in [1.165, 1.54) is 4.90 Å². The number of amides is 3. The summed E-state index contributed by atoms with van der Waals surface area (Å²) in [5.74, 6) is 0.576. The Bertz CT molecular complexity index is 737. The molecule has 1 aromatic carbocycles. The summed E-state index contributed by atoms with van der Waals surface area (Å²) in [6.45, 7) is 10.8. The molecule has 0 unspecified atom stereocenters. The zero-order chi connectivity index (χ0) is 21.8. The maximum Gasteiger partial charge on any atom is 0.248 e. The van der Waals surface area contributed by atoms with Gasteiger partial charge in [-0.3, -0.25) is 19.3 Å². The van der Waals surface area contributed by atoms with Gasteiger partial charge in [0.25, 0.3) is 0 Å². The third-order valence-corrected chi connectivity index (χ3v) is 4.62. The molecule has 0 saturated carbocycles. The third kappa shape index (κ3) is 6.48. The second-order valence-electron chi connectivity index (χ2n) is 9.16. The first-order valence-electron chi connectivity index (χ1n) is 10.00. The van der Waals surface area contributed by atoms with Crippen molar-refractivity contribution in [3.63, 3.8) is 0 Å². The molecule has 0 atom stereocenters. The van der Waals surface area contributed by atoms with Crippen molar-refractivity contribution in [1.29, 1.82) is 0 Å². The van der Waals surface area contributed by atoms with Gasteiger partial charge in [0, 0.05) is 18.7 Å². The molecule has 1 aromatic rings. The molecule has 1 aliphatic heterocycles. The second kappa shape index (κ2) is 9.29. The molecule has 29 heavy (non-hydrogen) atoms. The highest BCUT2D eigenvalue weighted by atomic mass is 16.5. The van der Waals surface area contributed by atoms with E-state index in [-0.39, 0.29) is 48.8 Å². The lowest BCUT2D eigenvalue weighted by atomic mass is 9.91. The van der Waals surface area contributed by atoms with E-state index in [4.69, 9.17) is 4.74 Å². The van der Waals surface area contributed by atoms with Crippen LogP contribution in [0.15, 0.2) is 24.3 Å². The number of anilines is 1. The van der Waals surface area contributed by atoms with Gasteiger partial charge < -0.3 is 14.5 Å². The topological polar surface area (TPSA) is 70.2 Å². The normalized spacial score (nSPS) is 14.5. The van der Waals surface area contributed by atoms with Crippen LogP contribution in [0.4, 0.5) is 5.69 Å². The van der Waals surface area contributed by atoms with Crippen LogP contribution < -0.4 is 9.64 Å². The summed E-state index contributed by atoms with van der Waals surface area (Å²) in [6.07, 6.45) is 0.379. The summed E-state index contributed by atoms with van der Waals surface area (Å²) in [4.78, 5) is 42.7. The van der Waals surface area contributed by atoms with E-state index in [2.05, 4.69) is 0 Å². The zero-order valence-corrected chi connectivity index (χ0v) is 18.4. The van der Waals surface area contributed by atoms with Crippen molar-refractivity contribution in [2.75, 3.05) is 38.3 Å². The van der Waals surface area contributed by atoms with Gasteiger partial charge in [-0.25, -0.2) is 0 Å². The van der Waals surface area contributed by atoms with Crippen LogP contribution in [-0.4, -0.2) is 60.9 Å². The second-order valence-corrected chi connectivity index (χ2v) is 9.16. The molecule has 0 aliphatic carbocycles. The van der Waals surface area contributed by atoms with E-state index in [1.54, 1.807) is 41.2 Å². The molecule has 1 fully saturated rings. The lowest BCUT2D eigenvalue weighted by molar-refractivity contribution is -0.141. The summed E-state index contributed by atoms with van der Waals surface area (Å²) in [5, 5.41) is 0. The van der Waals surface area contributed by atoms with E-state index in [1.807, 2.05) is 34.6 Å². The molecule has 7 nitrogen and oxygen atoms in total. The summed E-state index contributed by atoms with van der Waals surface area (Å²) < 4.78 is 5.14. The molecular formula is C22H33N3O4. The molecule has 0 spiro atoms. The molecule has 1 saturated heterocycles. The summed E-state index contributed by atoms with van der Waals surface area (Å²) in [7, 11) is 1.58. The Hall–Kier alpha value is -2.57. The first-order chi connectivity index (χ1) is 13.5. The maximum absolute atomic E-state index is 12.9. The van der Waals surface area contributed by atoms with Crippen LogP contribution in [0.5, 0.6) is 5.75 Å². The van der Waals surface area contributed by atoms with Crippen molar-refractivity contribution in [3.8, 4) is 5.75 Å². The number of carbonyl (C=O) groups excluding carboxylic acids is 3. The highest BCUT2D eigenvalue weighted by molar-refractivity contribution is 6.00. The summed E-state index contributed by atoms with van der Waals surface area (Å²) >= 11 is 0. The van der Waals surface area contributed by atoms with E-state index in [9.17, 15) is 14.4 Å². The Morgan fingerprint density at radius 2 is 1.79 bits per heavy atom. The monoisotopic (exact) mass is 403 g/mol. The standard InChI is InChI=1S/C22H33N3O4/c1-16(2)12-23(19(26)11-22(3,4)5)13-20(27)24-14-21(28)25(15-24)17-7-9-18(29-6)10-8-17/h7-10,16H,11-15H2,1-6H3. The molecule has 3 amide bonds. The highest BCUT2D eigenvalue weighted by Crippen LogP contribution is 2.23. The smallest absolute Gasteiger partial charge is 0.248 e. The average Bonchev–Trinajstić information content (AvgIpc) is 3.01. The first-order valence-corrected chi connectivity index (χ1v) is 10.00. The van der Waals surface area contributed by atoms with Gasteiger partial charge in [-0.1, -0.05) is 34.6 Å². The zero-order valence-electron chi connectivity index (χ0n) is 18.4. The molecule has 1 aliphatic rings. The number of rotatable bonds is 7. The minimum absolute atomic E-state index is 0.00315. The van der Waals surface area contributed by atoms with Gasteiger partial charge in [0.2, 0.25) is 17.7 Å². The molecular weight excluding hydrogens is 370 g/mol. The molecule has 160 valence electrons. The summed E-state index contributed by atoms with van der Waals surface area (Å²) in [6, 6.07) is 7.15. The SMILES string of the molecule is COc1ccc(N2CN(C(=O)CN(CC(C)C)C(=O)CC(C)(C)C)CC2=O)cc1. The third-order valence-electron chi connectivity index (χ3n) is 4.62. The number of benzene rings is 1. The van der Waals surface area contributed by atoms with Crippen LogP contribution in [0.25, 0.3) is 0 Å². The van der Waals surface area contributed by atoms with Crippen molar-refractivity contribution in [1.82, 2.24) is 9.80 Å². The molecule has 0 N–H and O–H groups in total. The largest absolute Gasteiger partial charge is 0.497 e. The fourth-order valence-electron chi connectivity index (χ4n) is 3.23. The first kappa shape index (κ1) is 22.7. The molecule has 1 heterocycles. The molecule has 0 bridgehead atoms. The maximum atomic E-state index is 12.9. The van der Waals surface area contributed by atoms with Crippen molar-refractivity contribution in [2.45, 2.75) is 41.0 Å². The van der Waals surface area contributed by atoms with Gasteiger partial charge >= 0.3 is 0 Å². The molecule has 2 rings (SSSR count). The number of carbonyl (C=O) groups is 3. The van der Waals surface area contributed by atoms with Crippen molar-refractivity contribution < 1.29 is 19.1 Å². The van der Waals surface area contributed by atoms with Gasteiger partial charge in [0.05, 0.1) is 13.7 Å². The van der Waals surface area contributed by atoms with E-state index >= 15 is 0 Å². The van der Waals surface area contributed by atoms with Crippen molar-refractivity contribution in [3.05, 3.63) is 24.3 Å². The Labute approximate surface area is 173 Å². The van der Waals surface area contributed by atoms with E-state index in [0.717, 1.165) is 0 Å². The predicted molar refractivity (Wildman–Crippen MR) is 113 cm³/mol. The number of ether oxygens (including phenoxy) is 1. The van der Waals surface area contributed by atoms with Gasteiger partial charge in [0.1, 0.15) is 19.0 Å². The Balaban J connectivity index is 2.05. The van der Waals surface area contributed by atoms with Crippen LogP contribution in [0.1, 0.15) is 41.0 Å². The van der Waals surface area contributed by atoms with Gasteiger partial charge in [-0.2, -0.15) is 0 Å².